The van der Waals surface area contributed by atoms with Crippen LogP contribution in [0.4, 0.5) is 0 Å². The number of rotatable bonds is 11. The molecule has 3 heteroatoms. The Morgan fingerprint density at radius 1 is 1.23 bits per heavy atom. The highest BCUT2D eigenvalue weighted by molar-refractivity contribution is 5.24. The summed E-state index contributed by atoms with van der Waals surface area (Å²) >= 11 is 0. The van der Waals surface area contributed by atoms with Crippen LogP contribution < -0.4 is 0 Å². The molecule has 3 nitrogen and oxygen atoms in total. The molecule has 0 aliphatic carbocycles. The summed E-state index contributed by atoms with van der Waals surface area (Å²) in [6.07, 6.45) is 4.05. The van der Waals surface area contributed by atoms with Crippen molar-refractivity contribution in [2.75, 3.05) is 26.4 Å². The molecule has 0 heterocycles. The molecule has 0 aromatic heterocycles. The molecule has 2 unspecified atom stereocenters. The molecule has 0 radical (unpaired) electrons. The van der Waals surface area contributed by atoms with E-state index in [1.54, 1.807) is 13.0 Å². The summed E-state index contributed by atoms with van der Waals surface area (Å²) in [5.41, 5.74) is -0.255. The smallest absolute Gasteiger partial charge is 0.108 e. The third-order valence-corrected chi connectivity index (χ3v) is 3.17. The Morgan fingerprint density at radius 3 is 2.45 bits per heavy atom. The van der Waals surface area contributed by atoms with Crippen LogP contribution in [-0.4, -0.2) is 37.6 Å². The minimum Gasteiger partial charge on any atom is -0.389 e. The Hall–Kier alpha value is -1.52. The SMILES string of the molecule is C.C=CCOCC(CC)(COCC#CC#CC)CC(O)C=C. The largest absolute Gasteiger partial charge is 0.389 e. The van der Waals surface area contributed by atoms with E-state index in [0.717, 1.165) is 6.42 Å². The molecule has 2 atom stereocenters. The van der Waals surface area contributed by atoms with Crippen LogP contribution in [0.25, 0.3) is 0 Å². The first-order chi connectivity index (χ1) is 10.1. The van der Waals surface area contributed by atoms with Crippen molar-refractivity contribution < 1.29 is 14.6 Å². The monoisotopic (exact) mass is 306 g/mol. The van der Waals surface area contributed by atoms with Crippen LogP contribution in [0.15, 0.2) is 25.3 Å². The van der Waals surface area contributed by atoms with Crippen LogP contribution in [0.3, 0.4) is 0 Å². The van der Waals surface area contributed by atoms with Gasteiger partial charge in [0, 0.05) is 5.41 Å². The molecule has 0 amide bonds. The quantitative estimate of drug-likeness (QED) is 0.362. The Morgan fingerprint density at radius 2 is 1.91 bits per heavy atom. The molecule has 0 saturated heterocycles. The first kappa shape index (κ1) is 22.8. The Kier molecular flexibility index (Phi) is 14.9. The number of ether oxygens (including phenoxy) is 2. The highest BCUT2D eigenvalue weighted by atomic mass is 16.5. The van der Waals surface area contributed by atoms with Gasteiger partial charge in [0.1, 0.15) is 6.61 Å². The Bertz CT molecular complexity index is 419. The molecule has 0 aliphatic rings. The predicted molar refractivity (Wildman–Crippen MR) is 93.3 cm³/mol. The lowest BCUT2D eigenvalue weighted by Crippen LogP contribution is -2.35. The lowest BCUT2D eigenvalue weighted by molar-refractivity contribution is -0.0318. The second kappa shape index (κ2) is 14.4. The van der Waals surface area contributed by atoms with Crippen LogP contribution in [0.5, 0.6) is 0 Å². The summed E-state index contributed by atoms with van der Waals surface area (Å²) in [5.74, 6) is 10.9. The van der Waals surface area contributed by atoms with E-state index in [0.29, 0.717) is 32.8 Å². The molecule has 1 N–H and O–H groups in total. The summed E-state index contributed by atoms with van der Waals surface area (Å²) in [6.45, 7) is 12.8. The van der Waals surface area contributed by atoms with Crippen molar-refractivity contribution in [2.24, 2.45) is 5.41 Å². The van der Waals surface area contributed by atoms with Gasteiger partial charge >= 0.3 is 0 Å². The fourth-order valence-corrected chi connectivity index (χ4v) is 1.86. The van der Waals surface area contributed by atoms with Crippen molar-refractivity contribution in [3.63, 3.8) is 0 Å². The fraction of sp³-hybridized carbons (Fsp3) is 0.579. The summed E-state index contributed by atoms with van der Waals surface area (Å²) in [6, 6.07) is 0. The average molecular weight is 306 g/mol. The summed E-state index contributed by atoms with van der Waals surface area (Å²) in [5, 5.41) is 9.86. The average Bonchev–Trinajstić information content (AvgIpc) is 2.50. The van der Waals surface area contributed by atoms with Crippen molar-refractivity contribution in [1.82, 2.24) is 0 Å². The maximum Gasteiger partial charge on any atom is 0.108 e. The molecule has 0 spiro atoms. The molecule has 0 aliphatic heterocycles. The van der Waals surface area contributed by atoms with Crippen molar-refractivity contribution in [3.8, 4) is 23.7 Å². The van der Waals surface area contributed by atoms with Gasteiger partial charge in [0.05, 0.1) is 25.9 Å². The van der Waals surface area contributed by atoms with Gasteiger partial charge in [-0.2, -0.15) is 0 Å². The van der Waals surface area contributed by atoms with Crippen molar-refractivity contribution in [2.45, 2.75) is 40.2 Å². The second-order valence-corrected chi connectivity index (χ2v) is 4.83. The van der Waals surface area contributed by atoms with Crippen LogP contribution in [0.1, 0.15) is 34.1 Å². The van der Waals surface area contributed by atoms with Gasteiger partial charge < -0.3 is 14.6 Å². The number of hydrogen-bond acceptors (Lipinski definition) is 3. The Balaban J connectivity index is 0. The lowest BCUT2D eigenvalue weighted by Gasteiger charge is -2.33. The van der Waals surface area contributed by atoms with E-state index in [4.69, 9.17) is 9.47 Å². The van der Waals surface area contributed by atoms with E-state index < -0.39 is 6.10 Å². The van der Waals surface area contributed by atoms with E-state index in [1.165, 1.54) is 6.08 Å². The van der Waals surface area contributed by atoms with Crippen molar-refractivity contribution >= 4 is 0 Å². The summed E-state index contributed by atoms with van der Waals surface area (Å²) < 4.78 is 11.2. The van der Waals surface area contributed by atoms with E-state index in [-0.39, 0.29) is 12.8 Å². The van der Waals surface area contributed by atoms with E-state index >= 15 is 0 Å². The zero-order valence-electron chi connectivity index (χ0n) is 13.2. The third kappa shape index (κ3) is 10.2. The fourth-order valence-electron chi connectivity index (χ4n) is 1.86. The maximum atomic E-state index is 9.86. The van der Waals surface area contributed by atoms with Crippen molar-refractivity contribution in [1.29, 1.82) is 0 Å². The number of aliphatic hydroxyl groups excluding tert-OH is 1. The molecule has 0 fully saturated rings. The molecule has 0 bridgehead atoms. The summed E-state index contributed by atoms with van der Waals surface area (Å²) in [7, 11) is 0. The number of aliphatic hydroxyl groups is 1. The standard InChI is InChI=1S/C18H26O3.CH4/c1-5-9-10-11-13-21-16-18(8-4,14-17(19)7-3)15-20-12-6-2;/h6-7,17,19H,2-3,8,12-16H2,1,4H3;1H4. The van der Waals surface area contributed by atoms with Crippen LogP contribution in [-0.2, 0) is 9.47 Å². The third-order valence-electron chi connectivity index (χ3n) is 3.17. The Labute approximate surface area is 136 Å². The molecular weight excluding hydrogens is 276 g/mol. The highest BCUT2D eigenvalue weighted by Crippen LogP contribution is 2.29. The van der Waals surface area contributed by atoms with Crippen LogP contribution in [0, 0.1) is 29.1 Å². The minimum atomic E-state index is -0.571. The van der Waals surface area contributed by atoms with Crippen molar-refractivity contribution in [3.05, 3.63) is 25.3 Å². The molecular formula is C19H30O3. The molecule has 0 aromatic carbocycles. The molecule has 0 saturated carbocycles. The lowest BCUT2D eigenvalue weighted by atomic mass is 9.81. The minimum absolute atomic E-state index is 0. The summed E-state index contributed by atoms with van der Waals surface area (Å²) in [4.78, 5) is 0. The first-order valence-corrected chi connectivity index (χ1v) is 7.10. The van der Waals surface area contributed by atoms with E-state index in [1.807, 2.05) is 0 Å². The highest BCUT2D eigenvalue weighted by Gasteiger charge is 2.31. The van der Waals surface area contributed by atoms with Gasteiger partial charge in [-0.1, -0.05) is 38.3 Å². The van der Waals surface area contributed by atoms with Gasteiger partial charge in [-0.25, -0.2) is 0 Å². The van der Waals surface area contributed by atoms with Gasteiger partial charge in [-0.15, -0.1) is 13.2 Å². The van der Waals surface area contributed by atoms with Gasteiger partial charge in [0.2, 0.25) is 0 Å². The maximum absolute atomic E-state index is 9.86. The molecule has 0 rings (SSSR count). The predicted octanol–water partition coefficient (Wildman–Crippen LogP) is 3.20. The van der Waals surface area contributed by atoms with E-state index in [2.05, 4.69) is 43.8 Å². The molecule has 0 aromatic rings. The zero-order valence-corrected chi connectivity index (χ0v) is 13.2. The van der Waals surface area contributed by atoms with E-state index in [9.17, 15) is 5.11 Å². The van der Waals surface area contributed by atoms with Gasteiger partial charge in [0.25, 0.3) is 0 Å². The van der Waals surface area contributed by atoms with Gasteiger partial charge in [0.15, 0.2) is 0 Å². The second-order valence-electron chi connectivity index (χ2n) is 4.83. The van der Waals surface area contributed by atoms with Crippen LogP contribution in [0.2, 0.25) is 0 Å². The first-order valence-electron chi connectivity index (χ1n) is 7.10. The molecule has 124 valence electrons. The number of hydrogen-bond donors (Lipinski definition) is 1. The molecule has 22 heavy (non-hydrogen) atoms. The van der Waals surface area contributed by atoms with Gasteiger partial charge in [-0.3, -0.25) is 0 Å². The van der Waals surface area contributed by atoms with Crippen LogP contribution >= 0.6 is 0 Å². The zero-order chi connectivity index (χ0) is 16.0. The van der Waals surface area contributed by atoms with Gasteiger partial charge in [-0.05, 0) is 31.6 Å². The topological polar surface area (TPSA) is 38.7 Å². The normalized spacial score (nSPS) is 13.2.